The van der Waals surface area contributed by atoms with Crippen LogP contribution in [0.15, 0.2) is 48.5 Å². The highest BCUT2D eigenvalue weighted by molar-refractivity contribution is 6.07. The number of hydrogen-bond donors (Lipinski definition) is 1. The number of aromatic nitrogens is 1. The molecule has 2 atom stereocenters. The highest BCUT2D eigenvalue weighted by Gasteiger charge is 2.35. The normalized spacial score (nSPS) is 19.9. The lowest BCUT2D eigenvalue weighted by Gasteiger charge is -2.36. The number of nitrogens with one attached hydrogen (secondary N) is 1. The number of fused-ring (bicyclic) bond motifs is 2. The summed E-state index contributed by atoms with van der Waals surface area (Å²) in [6.07, 6.45) is 5.66. The zero-order valence-electron chi connectivity index (χ0n) is 23.8. The Labute approximate surface area is 235 Å². The van der Waals surface area contributed by atoms with E-state index in [1.807, 2.05) is 48.5 Å². The maximum absolute atomic E-state index is 13.7. The number of hydrogen-bond acceptors (Lipinski definition) is 6. The molecule has 1 amide bonds. The van der Waals surface area contributed by atoms with E-state index in [2.05, 4.69) is 32.2 Å². The molecule has 2 aliphatic rings. The van der Waals surface area contributed by atoms with Gasteiger partial charge < -0.3 is 19.5 Å². The second-order valence-corrected chi connectivity index (χ2v) is 11.8. The summed E-state index contributed by atoms with van der Waals surface area (Å²) in [5.41, 5.74) is 5.07. The van der Waals surface area contributed by atoms with Crippen molar-refractivity contribution in [2.24, 2.45) is 11.3 Å². The Morgan fingerprint density at radius 2 is 1.88 bits per heavy atom. The average molecular weight is 543 g/mol. The van der Waals surface area contributed by atoms with Crippen LogP contribution in [0.2, 0.25) is 0 Å². The number of amides is 1. The number of methoxy groups -OCH3 is 1. The first-order valence-electron chi connectivity index (χ1n) is 14.0. The van der Waals surface area contributed by atoms with Crippen LogP contribution in [0.25, 0.3) is 22.6 Å². The standard InChI is InChI=1S/C33H38N2O5/c1-33(2,3)23-17-22(16-21-11-13-24(38-4)14-12-21)31-27(18-23)30(26-9-5-6-10-28(26)35-31)32(37)40-20-29(36)34-19-25-8-7-15-39-25/h5-6,9-14,16,23,25H,7-8,15,17-20H2,1-4H3,(H,34,36). The number of para-hydroxylation sites is 1. The smallest absolute Gasteiger partial charge is 0.339 e. The van der Waals surface area contributed by atoms with Gasteiger partial charge in [0.15, 0.2) is 6.61 Å². The minimum Gasteiger partial charge on any atom is -0.497 e. The lowest BCUT2D eigenvalue weighted by Crippen LogP contribution is -2.35. The second-order valence-electron chi connectivity index (χ2n) is 11.8. The fourth-order valence-corrected chi connectivity index (χ4v) is 5.56. The first kappa shape index (κ1) is 27.8. The van der Waals surface area contributed by atoms with Crippen molar-refractivity contribution >= 4 is 34.4 Å². The summed E-state index contributed by atoms with van der Waals surface area (Å²) in [4.78, 5) is 31.3. The van der Waals surface area contributed by atoms with Crippen LogP contribution in [0, 0.1) is 11.3 Å². The summed E-state index contributed by atoms with van der Waals surface area (Å²) in [7, 11) is 1.65. The van der Waals surface area contributed by atoms with Crippen LogP contribution in [0.3, 0.4) is 0 Å². The number of esters is 1. The average Bonchev–Trinajstić information content (AvgIpc) is 3.47. The third-order valence-electron chi connectivity index (χ3n) is 7.99. The third-order valence-corrected chi connectivity index (χ3v) is 7.99. The summed E-state index contributed by atoms with van der Waals surface area (Å²) in [6, 6.07) is 15.6. The minimum absolute atomic E-state index is 0.00566. The Morgan fingerprint density at radius 1 is 1.10 bits per heavy atom. The predicted octanol–water partition coefficient (Wildman–Crippen LogP) is 5.84. The summed E-state index contributed by atoms with van der Waals surface area (Å²) < 4.78 is 16.5. The van der Waals surface area contributed by atoms with Crippen LogP contribution < -0.4 is 10.1 Å². The van der Waals surface area contributed by atoms with Gasteiger partial charge in [-0.2, -0.15) is 0 Å². The molecule has 1 N–H and O–H groups in total. The summed E-state index contributed by atoms with van der Waals surface area (Å²) >= 11 is 0. The van der Waals surface area contributed by atoms with Crippen molar-refractivity contribution in [1.82, 2.24) is 10.3 Å². The molecular weight excluding hydrogens is 504 g/mol. The number of rotatable bonds is 7. The van der Waals surface area contributed by atoms with Gasteiger partial charge in [-0.3, -0.25) is 4.79 Å². The molecule has 0 saturated carbocycles. The maximum Gasteiger partial charge on any atom is 0.339 e. The molecule has 1 aliphatic heterocycles. The van der Waals surface area contributed by atoms with Crippen molar-refractivity contribution in [3.63, 3.8) is 0 Å². The monoisotopic (exact) mass is 542 g/mol. The molecule has 2 aromatic carbocycles. The zero-order valence-corrected chi connectivity index (χ0v) is 23.8. The molecule has 7 nitrogen and oxygen atoms in total. The first-order chi connectivity index (χ1) is 19.2. The lowest BCUT2D eigenvalue weighted by atomic mass is 9.69. The van der Waals surface area contributed by atoms with Crippen molar-refractivity contribution in [2.45, 2.75) is 52.6 Å². The molecule has 1 aromatic heterocycles. The largest absolute Gasteiger partial charge is 0.497 e. The summed E-state index contributed by atoms with van der Waals surface area (Å²) in [6.45, 7) is 7.51. The van der Waals surface area contributed by atoms with Crippen molar-refractivity contribution in [3.8, 4) is 5.75 Å². The van der Waals surface area contributed by atoms with Crippen LogP contribution >= 0.6 is 0 Å². The van der Waals surface area contributed by atoms with Crippen LogP contribution in [0.5, 0.6) is 5.75 Å². The molecule has 0 radical (unpaired) electrons. The quantitative estimate of drug-likeness (QED) is 0.377. The number of ether oxygens (including phenoxy) is 3. The minimum atomic E-state index is -0.500. The number of allylic oxidation sites excluding steroid dienone is 1. The molecule has 40 heavy (non-hydrogen) atoms. The molecule has 1 saturated heterocycles. The number of benzene rings is 2. The second kappa shape index (κ2) is 11.8. The molecule has 210 valence electrons. The number of pyridine rings is 1. The number of carbonyl (C=O) groups is 2. The van der Waals surface area contributed by atoms with Gasteiger partial charge in [0.2, 0.25) is 0 Å². The molecule has 1 fully saturated rings. The highest BCUT2D eigenvalue weighted by Crippen LogP contribution is 2.45. The van der Waals surface area contributed by atoms with Gasteiger partial charge in [0.1, 0.15) is 5.75 Å². The van der Waals surface area contributed by atoms with Crippen LogP contribution in [0.4, 0.5) is 0 Å². The van der Waals surface area contributed by atoms with E-state index < -0.39 is 5.97 Å². The van der Waals surface area contributed by atoms with Gasteiger partial charge in [0.05, 0.1) is 30.0 Å². The van der Waals surface area contributed by atoms with Crippen molar-refractivity contribution < 1.29 is 23.8 Å². The molecule has 1 aliphatic carbocycles. The first-order valence-corrected chi connectivity index (χ1v) is 14.0. The van der Waals surface area contributed by atoms with Crippen molar-refractivity contribution in [2.75, 3.05) is 26.9 Å². The molecule has 0 bridgehead atoms. The lowest BCUT2D eigenvalue weighted by molar-refractivity contribution is -0.124. The fourth-order valence-electron chi connectivity index (χ4n) is 5.56. The van der Waals surface area contributed by atoms with Crippen LogP contribution in [-0.4, -0.2) is 49.8 Å². The summed E-state index contributed by atoms with van der Waals surface area (Å²) in [5, 5.41) is 3.57. The molecule has 0 spiro atoms. The van der Waals surface area contributed by atoms with E-state index in [4.69, 9.17) is 19.2 Å². The van der Waals surface area contributed by atoms with Gasteiger partial charge in [-0.05, 0) is 78.0 Å². The van der Waals surface area contributed by atoms with E-state index in [0.717, 1.165) is 64.9 Å². The Hall–Kier alpha value is -3.71. The van der Waals surface area contributed by atoms with Crippen LogP contribution in [0.1, 0.15) is 67.2 Å². The highest BCUT2D eigenvalue weighted by atomic mass is 16.5. The van der Waals surface area contributed by atoms with E-state index in [1.54, 1.807) is 7.11 Å². The molecule has 3 aromatic rings. The molecule has 5 rings (SSSR count). The van der Waals surface area contributed by atoms with E-state index in [0.29, 0.717) is 18.5 Å². The van der Waals surface area contributed by atoms with Gasteiger partial charge in [0, 0.05) is 18.5 Å². The van der Waals surface area contributed by atoms with Gasteiger partial charge in [-0.1, -0.05) is 51.1 Å². The Bertz CT molecular complexity index is 1420. The molecule has 2 unspecified atom stereocenters. The third kappa shape index (κ3) is 6.20. The fraction of sp³-hybridized carbons (Fsp3) is 0.424. The molecular formula is C33H38N2O5. The molecule has 7 heteroatoms. The molecule has 2 heterocycles. The van der Waals surface area contributed by atoms with Gasteiger partial charge >= 0.3 is 5.97 Å². The Morgan fingerprint density at radius 3 is 2.58 bits per heavy atom. The van der Waals surface area contributed by atoms with Gasteiger partial charge in [-0.15, -0.1) is 0 Å². The van der Waals surface area contributed by atoms with E-state index in [-0.39, 0.29) is 30.0 Å². The van der Waals surface area contributed by atoms with Crippen LogP contribution in [-0.2, 0) is 20.7 Å². The van der Waals surface area contributed by atoms with Crippen molar-refractivity contribution in [3.05, 3.63) is 70.9 Å². The Kier molecular flexibility index (Phi) is 8.22. The van der Waals surface area contributed by atoms with E-state index in [1.165, 1.54) is 0 Å². The van der Waals surface area contributed by atoms with Crippen molar-refractivity contribution in [1.29, 1.82) is 0 Å². The van der Waals surface area contributed by atoms with Gasteiger partial charge in [-0.25, -0.2) is 9.78 Å². The van der Waals surface area contributed by atoms with E-state index >= 15 is 0 Å². The number of carbonyl (C=O) groups excluding carboxylic acids is 2. The maximum atomic E-state index is 13.7. The zero-order chi connectivity index (χ0) is 28.3. The van der Waals surface area contributed by atoms with Gasteiger partial charge in [0.25, 0.3) is 5.91 Å². The SMILES string of the molecule is COc1ccc(C=C2CC(C(C)(C)C)Cc3c2nc2ccccc2c3C(=O)OCC(=O)NCC2CCCO2)cc1. The predicted molar refractivity (Wildman–Crippen MR) is 156 cm³/mol. The number of nitrogens with zero attached hydrogens (tertiary/aromatic N) is 1. The summed E-state index contributed by atoms with van der Waals surface area (Å²) in [5.74, 6) is 0.255. The Balaban J connectivity index is 1.50. The topological polar surface area (TPSA) is 86.8 Å². The van der Waals surface area contributed by atoms with E-state index in [9.17, 15) is 9.59 Å².